The first-order chi connectivity index (χ1) is 15.0. The van der Waals surface area contributed by atoms with Gasteiger partial charge in [0.05, 0.1) is 11.3 Å². The van der Waals surface area contributed by atoms with Crippen LogP contribution in [-0.2, 0) is 15.7 Å². The number of benzene rings is 1. The van der Waals surface area contributed by atoms with Crippen molar-refractivity contribution in [2.75, 3.05) is 13.1 Å². The molecule has 1 aromatic heterocycles. The summed E-state index contributed by atoms with van der Waals surface area (Å²) in [5, 5.41) is 3.94. The maximum atomic E-state index is 13.1. The largest absolute Gasteiger partial charge is 0.448 e. The molecule has 0 saturated carbocycles. The van der Waals surface area contributed by atoms with Gasteiger partial charge in [-0.2, -0.15) is 18.3 Å². The van der Waals surface area contributed by atoms with E-state index in [9.17, 15) is 27.6 Å². The van der Waals surface area contributed by atoms with Crippen molar-refractivity contribution in [2.45, 2.75) is 45.9 Å². The molecular weight excluding hydrogens is 427 g/mol. The fraction of sp³-hybridized carbons (Fsp3) is 0.455. The number of rotatable bonds is 4. The number of alkyl halides is 3. The van der Waals surface area contributed by atoms with Gasteiger partial charge in [0, 0.05) is 24.8 Å². The number of piperidine rings is 1. The van der Waals surface area contributed by atoms with E-state index in [1.54, 1.807) is 4.90 Å². The molecular formula is C22H24F3N3O4. The molecule has 7 nitrogen and oxygen atoms in total. The Bertz CT molecular complexity index is 1070. The second-order valence-electron chi connectivity index (χ2n) is 8.01. The van der Waals surface area contributed by atoms with Gasteiger partial charge in [-0.1, -0.05) is 13.0 Å². The topological polar surface area (TPSA) is 81.5 Å². The van der Waals surface area contributed by atoms with Crippen molar-refractivity contribution in [2.24, 2.45) is 5.92 Å². The van der Waals surface area contributed by atoms with Crippen LogP contribution in [0.4, 0.5) is 13.2 Å². The molecule has 172 valence electrons. The molecule has 1 fully saturated rings. The Balaban J connectivity index is 1.83. The number of halogens is 3. The number of hydrogen-bond donors (Lipinski definition) is 0. The zero-order valence-electron chi connectivity index (χ0n) is 18.0. The smallest absolute Gasteiger partial charge is 0.416 e. The quantitative estimate of drug-likeness (QED) is 0.666. The molecule has 1 saturated heterocycles. The normalized spacial score (nSPS) is 16.0. The Hall–Kier alpha value is -3.17. The SMILES string of the molecule is Cc1cc(=O)c(C(=O)OC(C)C(=O)N2CCC(C)CC2)nn1-c1cccc(C(F)(F)F)c1. The first-order valence-electron chi connectivity index (χ1n) is 10.3. The van der Waals surface area contributed by atoms with Crippen molar-refractivity contribution in [1.82, 2.24) is 14.7 Å². The lowest BCUT2D eigenvalue weighted by Crippen LogP contribution is -2.44. The number of carbonyl (C=O) groups is 2. The summed E-state index contributed by atoms with van der Waals surface area (Å²) in [5.41, 5.74) is -1.99. The predicted octanol–water partition coefficient (Wildman–Crippen LogP) is 3.36. The minimum absolute atomic E-state index is 0.0259. The van der Waals surface area contributed by atoms with Gasteiger partial charge in [-0.15, -0.1) is 0 Å². The van der Waals surface area contributed by atoms with E-state index in [1.165, 1.54) is 26.0 Å². The Morgan fingerprint density at radius 2 is 1.84 bits per heavy atom. The molecule has 1 aliphatic heterocycles. The van der Waals surface area contributed by atoms with E-state index >= 15 is 0 Å². The van der Waals surface area contributed by atoms with Gasteiger partial charge in [-0.05, 0) is 50.8 Å². The lowest BCUT2D eigenvalue weighted by molar-refractivity contribution is -0.141. The Kier molecular flexibility index (Phi) is 6.71. The highest BCUT2D eigenvalue weighted by Gasteiger charge is 2.31. The number of amides is 1. The summed E-state index contributed by atoms with van der Waals surface area (Å²) in [4.78, 5) is 39.1. The molecule has 0 aliphatic carbocycles. The third kappa shape index (κ3) is 5.17. The number of aromatic nitrogens is 2. The van der Waals surface area contributed by atoms with Crippen LogP contribution in [0.5, 0.6) is 0 Å². The zero-order valence-corrected chi connectivity index (χ0v) is 18.0. The lowest BCUT2D eigenvalue weighted by Gasteiger charge is -2.31. The maximum absolute atomic E-state index is 13.1. The van der Waals surface area contributed by atoms with Crippen LogP contribution in [-0.4, -0.2) is 45.8 Å². The van der Waals surface area contributed by atoms with Crippen LogP contribution in [0.1, 0.15) is 48.4 Å². The molecule has 1 amide bonds. The van der Waals surface area contributed by atoms with Gasteiger partial charge in [0.15, 0.2) is 6.10 Å². The molecule has 0 radical (unpaired) electrons. The number of carbonyl (C=O) groups excluding carboxylic acids is 2. The van der Waals surface area contributed by atoms with E-state index in [4.69, 9.17) is 4.74 Å². The minimum atomic E-state index is -4.56. The van der Waals surface area contributed by atoms with Gasteiger partial charge in [0.25, 0.3) is 5.91 Å². The highest BCUT2D eigenvalue weighted by molar-refractivity contribution is 5.90. The van der Waals surface area contributed by atoms with Crippen molar-refractivity contribution < 1.29 is 27.5 Å². The fourth-order valence-electron chi connectivity index (χ4n) is 3.52. The average Bonchev–Trinajstić information content (AvgIpc) is 2.73. The molecule has 1 aliphatic rings. The third-order valence-corrected chi connectivity index (χ3v) is 5.45. The van der Waals surface area contributed by atoms with Crippen molar-refractivity contribution in [3.63, 3.8) is 0 Å². The van der Waals surface area contributed by atoms with Crippen molar-refractivity contribution >= 4 is 11.9 Å². The third-order valence-electron chi connectivity index (χ3n) is 5.45. The molecule has 1 unspecified atom stereocenters. The second kappa shape index (κ2) is 9.13. The number of hydrogen-bond acceptors (Lipinski definition) is 5. The lowest BCUT2D eigenvalue weighted by atomic mass is 9.99. The second-order valence-corrected chi connectivity index (χ2v) is 8.01. The summed E-state index contributed by atoms with van der Waals surface area (Å²) in [6, 6.07) is 5.44. The van der Waals surface area contributed by atoms with E-state index < -0.39 is 34.9 Å². The molecule has 2 heterocycles. The van der Waals surface area contributed by atoms with Crippen molar-refractivity contribution in [3.05, 3.63) is 57.5 Å². The van der Waals surface area contributed by atoms with Crippen LogP contribution in [0.3, 0.4) is 0 Å². The van der Waals surface area contributed by atoms with E-state index in [2.05, 4.69) is 12.0 Å². The molecule has 1 aromatic carbocycles. The first kappa shape index (κ1) is 23.5. The van der Waals surface area contributed by atoms with Crippen molar-refractivity contribution in [3.8, 4) is 5.69 Å². The molecule has 3 rings (SSSR count). The van der Waals surface area contributed by atoms with Crippen LogP contribution in [0.15, 0.2) is 35.1 Å². The molecule has 0 spiro atoms. The van der Waals surface area contributed by atoms with Gasteiger partial charge < -0.3 is 9.64 Å². The number of aryl methyl sites for hydroxylation is 1. The first-order valence-corrected chi connectivity index (χ1v) is 10.3. The zero-order chi connectivity index (χ0) is 23.6. The Morgan fingerprint density at radius 3 is 2.47 bits per heavy atom. The van der Waals surface area contributed by atoms with Crippen LogP contribution < -0.4 is 5.43 Å². The molecule has 32 heavy (non-hydrogen) atoms. The standard InChI is InChI=1S/C22H24F3N3O4/c1-13-7-9-27(10-8-13)20(30)15(3)32-21(31)19-18(29)11-14(2)28(26-19)17-6-4-5-16(12-17)22(23,24)25/h4-6,11-13,15H,7-10H2,1-3H3. The maximum Gasteiger partial charge on any atom is 0.416 e. The van der Waals surface area contributed by atoms with Crippen LogP contribution in [0.2, 0.25) is 0 Å². The van der Waals surface area contributed by atoms with Gasteiger partial charge in [-0.3, -0.25) is 9.59 Å². The highest BCUT2D eigenvalue weighted by Crippen LogP contribution is 2.30. The van der Waals surface area contributed by atoms with Crippen molar-refractivity contribution in [1.29, 1.82) is 0 Å². The summed E-state index contributed by atoms with van der Waals surface area (Å²) in [6.45, 7) is 6.12. The molecule has 0 bridgehead atoms. The monoisotopic (exact) mass is 451 g/mol. The Labute approximate surface area is 182 Å². The summed E-state index contributed by atoms with van der Waals surface area (Å²) in [7, 11) is 0. The molecule has 1 atom stereocenters. The number of ether oxygens (including phenoxy) is 1. The highest BCUT2D eigenvalue weighted by atomic mass is 19.4. The number of nitrogens with zero attached hydrogens (tertiary/aromatic N) is 3. The van der Waals surface area contributed by atoms with Crippen LogP contribution >= 0.6 is 0 Å². The van der Waals surface area contributed by atoms with Crippen LogP contribution in [0.25, 0.3) is 5.69 Å². The van der Waals surface area contributed by atoms with E-state index in [1.807, 2.05) is 0 Å². The number of likely N-dealkylation sites (tertiary alicyclic amines) is 1. The minimum Gasteiger partial charge on any atom is -0.448 e. The Morgan fingerprint density at radius 1 is 1.19 bits per heavy atom. The summed E-state index contributed by atoms with van der Waals surface area (Å²) in [6.07, 6.45) is -3.98. The molecule has 10 heteroatoms. The average molecular weight is 451 g/mol. The molecule has 0 N–H and O–H groups in total. The van der Waals surface area contributed by atoms with E-state index in [0.29, 0.717) is 19.0 Å². The predicted molar refractivity (Wildman–Crippen MR) is 109 cm³/mol. The van der Waals surface area contributed by atoms with E-state index in [-0.39, 0.29) is 17.3 Å². The van der Waals surface area contributed by atoms with E-state index in [0.717, 1.165) is 35.7 Å². The van der Waals surface area contributed by atoms with Gasteiger partial charge in [0.1, 0.15) is 0 Å². The number of esters is 1. The van der Waals surface area contributed by atoms with Gasteiger partial charge >= 0.3 is 12.1 Å². The van der Waals surface area contributed by atoms with Crippen LogP contribution in [0, 0.1) is 12.8 Å². The summed E-state index contributed by atoms with van der Waals surface area (Å²) < 4.78 is 45.4. The summed E-state index contributed by atoms with van der Waals surface area (Å²) >= 11 is 0. The molecule has 2 aromatic rings. The van der Waals surface area contributed by atoms with Gasteiger partial charge in [0.2, 0.25) is 11.1 Å². The fourth-order valence-corrected chi connectivity index (χ4v) is 3.52. The van der Waals surface area contributed by atoms with Gasteiger partial charge in [-0.25, -0.2) is 9.48 Å². The summed E-state index contributed by atoms with van der Waals surface area (Å²) in [5.74, 6) is -0.958.